The number of para-hydroxylation sites is 1. The van der Waals surface area contributed by atoms with Crippen molar-refractivity contribution in [2.24, 2.45) is 0 Å². The number of hydrogen-bond acceptors (Lipinski definition) is 4. The molecule has 1 fully saturated rings. The van der Waals surface area contributed by atoms with E-state index < -0.39 is 17.5 Å². The van der Waals surface area contributed by atoms with Crippen molar-refractivity contribution in [3.8, 4) is 5.75 Å². The summed E-state index contributed by atoms with van der Waals surface area (Å²) in [5.74, 6) is -0.156. The van der Waals surface area contributed by atoms with Crippen LogP contribution < -0.4 is 15.4 Å². The fraction of sp³-hybridized carbons (Fsp3) is 0.471. The minimum atomic E-state index is -1.14. The summed E-state index contributed by atoms with van der Waals surface area (Å²) in [6.07, 6.45) is 1.12. The Bertz CT molecular complexity index is 690. The van der Waals surface area contributed by atoms with Crippen LogP contribution in [0.4, 0.5) is 4.79 Å². The van der Waals surface area contributed by atoms with Gasteiger partial charge in [0.15, 0.2) is 5.54 Å². The third-order valence-electron chi connectivity index (χ3n) is 4.58. The molecule has 128 valence electrons. The highest BCUT2D eigenvalue weighted by Gasteiger charge is 2.55. The Balaban J connectivity index is 1.84. The van der Waals surface area contributed by atoms with Crippen LogP contribution in [0.25, 0.3) is 0 Å². The fourth-order valence-electron chi connectivity index (χ4n) is 3.08. The Morgan fingerprint density at radius 3 is 2.92 bits per heavy atom. The van der Waals surface area contributed by atoms with Gasteiger partial charge >= 0.3 is 6.03 Å². The monoisotopic (exact) mass is 331 g/mol. The van der Waals surface area contributed by atoms with Gasteiger partial charge in [-0.2, -0.15) is 0 Å². The number of imide groups is 1. The number of rotatable bonds is 4. The van der Waals surface area contributed by atoms with Crippen molar-refractivity contribution in [1.29, 1.82) is 0 Å². The summed E-state index contributed by atoms with van der Waals surface area (Å²) in [6.45, 7) is 3.88. The zero-order chi connectivity index (χ0) is 17.3. The molecule has 3 rings (SSSR count). The summed E-state index contributed by atoms with van der Waals surface area (Å²) >= 11 is 0. The molecule has 1 aromatic carbocycles. The molecule has 1 aromatic rings. The van der Waals surface area contributed by atoms with Gasteiger partial charge in [0.1, 0.15) is 12.3 Å². The van der Waals surface area contributed by atoms with Crippen LogP contribution in [0.1, 0.15) is 32.3 Å². The van der Waals surface area contributed by atoms with Crippen molar-refractivity contribution in [2.45, 2.75) is 38.3 Å². The minimum absolute atomic E-state index is 0.00367. The maximum Gasteiger partial charge on any atom is 0.325 e. The van der Waals surface area contributed by atoms with Crippen LogP contribution in [-0.2, 0) is 15.1 Å². The quantitative estimate of drug-likeness (QED) is 0.810. The molecule has 2 heterocycles. The zero-order valence-corrected chi connectivity index (χ0v) is 13.8. The molecule has 24 heavy (non-hydrogen) atoms. The van der Waals surface area contributed by atoms with Crippen molar-refractivity contribution >= 4 is 17.8 Å². The summed E-state index contributed by atoms with van der Waals surface area (Å²) in [6, 6.07) is 6.61. The highest BCUT2D eigenvalue weighted by Crippen LogP contribution is 2.40. The topological polar surface area (TPSA) is 87.7 Å². The van der Waals surface area contributed by atoms with Gasteiger partial charge < -0.3 is 15.4 Å². The van der Waals surface area contributed by atoms with E-state index in [4.69, 9.17) is 4.74 Å². The molecule has 2 atom stereocenters. The highest BCUT2D eigenvalue weighted by atomic mass is 16.5. The van der Waals surface area contributed by atoms with Crippen molar-refractivity contribution in [3.05, 3.63) is 29.8 Å². The van der Waals surface area contributed by atoms with Gasteiger partial charge in [0, 0.05) is 18.0 Å². The third kappa shape index (κ3) is 2.60. The van der Waals surface area contributed by atoms with E-state index in [0.29, 0.717) is 24.3 Å². The Morgan fingerprint density at radius 1 is 1.42 bits per heavy atom. The molecule has 7 heteroatoms. The highest BCUT2D eigenvalue weighted by molar-refractivity contribution is 6.09. The average Bonchev–Trinajstić information content (AvgIpc) is 2.80. The molecule has 0 radical (unpaired) electrons. The van der Waals surface area contributed by atoms with Gasteiger partial charge in [-0.1, -0.05) is 25.1 Å². The lowest BCUT2D eigenvalue weighted by Gasteiger charge is -2.33. The van der Waals surface area contributed by atoms with Gasteiger partial charge in [0.05, 0.1) is 6.61 Å². The minimum Gasteiger partial charge on any atom is -0.493 e. The van der Waals surface area contributed by atoms with E-state index in [9.17, 15) is 14.4 Å². The number of fused-ring (bicyclic) bond motifs is 2. The van der Waals surface area contributed by atoms with Crippen molar-refractivity contribution in [2.75, 3.05) is 13.2 Å². The van der Waals surface area contributed by atoms with E-state index in [-0.39, 0.29) is 18.5 Å². The van der Waals surface area contributed by atoms with E-state index in [1.165, 1.54) is 0 Å². The molecule has 4 amide bonds. The number of ether oxygens (including phenoxy) is 1. The van der Waals surface area contributed by atoms with E-state index in [1.807, 2.05) is 19.9 Å². The Kier molecular flexibility index (Phi) is 4.17. The summed E-state index contributed by atoms with van der Waals surface area (Å²) in [5.41, 5.74) is -0.498. The van der Waals surface area contributed by atoms with Crippen LogP contribution in [0.2, 0.25) is 0 Å². The lowest BCUT2D eigenvalue weighted by molar-refractivity contribution is -0.136. The molecule has 1 saturated heterocycles. The van der Waals surface area contributed by atoms with Crippen molar-refractivity contribution < 1.29 is 19.1 Å². The van der Waals surface area contributed by atoms with Crippen LogP contribution in [0, 0.1) is 0 Å². The normalized spacial score (nSPS) is 23.5. The zero-order valence-electron chi connectivity index (χ0n) is 13.8. The predicted octanol–water partition coefficient (Wildman–Crippen LogP) is 1.13. The second-order valence-electron chi connectivity index (χ2n) is 6.20. The standard InChI is InChI=1S/C17H21N3O4/c1-3-11(2)18-14(21)10-20-15(22)17(19-16(20)23)8-9-24-13-7-5-4-6-12(13)17/h4-7,11H,3,8-10H2,1-2H3,(H,18,21)(H,19,23)/t11-,17+/m1/s1. The first-order valence-electron chi connectivity index (χ1n) is 8.13. The van der Waals surface area contributed by atoms with Gasteiger partial charge in [0.25, 0.3) is 5.91 Å². The van der Waals surface area contributed by atoms with E-state index >= 15 is 0 Å². The summed E-state index contributed by atoms with van der Waals surface area (Å²) in [5, 5.41) is 5.55. The van der Waals surface area contributed by atoms with Crippen LogP contribution in [0.3, 0.4) is 0 Å². The molecule has 0 bridgehead atoms. The first-order chi connectivity index (χ1) is 11.5. The van der Waals surface area contributed by atoms with Crippen LogP contribution in [-0.4, -0.2) is 41.9 Å². The summed E-state index contributed by atoms with van der Waals surface area (Å²) in [7, 11) is 0. The fourth-order valence-corrected chi connectivity index (χ4v) is 3.08. The van der Waals surface area contributed by atoms with Gasteiger partial charge in [-0.15, -0.1) is 0 Å². The van der Waals surface area contributed by atoms with Crippen molar-refractivity contribution in [1.82, 2.24) is 15.5 Å². The predicted molar refractivity (Wildman–Crippen MR) is 86.4 cm³/mol. The van der Waals surface area contributed by atoms with E-state index in [1.54, 1.807) is 18.2 Å². The van der Waals surface area contributed by atoms with E-state index in [0.717, 1.165) is 11.3 Å². The molecular formula is C17H21N3O4. The SMILES string of the molecule is CC[C@@H](C)NC(=O)CN1C(=O)N[C@]2(CCOc3ccccc32)C1=O. The van der Waals surface area contributed by atoms with Crippen LogP contribution in [0.15, 0.2) is 24.3 Å². The Morgan fingerprint density at radius 2 is 2.17 bits per heavy atom. The number of nitrogens with one attached hydrogen (secondary N) is 2. The molecule has 0 aliphatic carbocycles. The second kappa shape index (κ2) is 6.14. The lowest BCUT2D eigenvalue weighted by atomic mass is 9.84. The number of amides is 4. The smallest absolute Gasteiger partial charge is 0.325 e. The average molecular weight is 331 g/mol. The summed E-state index contributed by atoms with van der Waals surface area (Å²) in [4.78, 5) is 38.3. The number of urea groups is 1. The Labute approximate surface area is 140 Å². The molecule has 1 spiro atoms. The second-order valence-corrected chi connectivity index (χ2v) is 6.20. The number of hydrogen-bond donors (Lipinski definition) is 2. The van der Waals surface area contributed by atoms with Crippen LogP contribution in [0.5, 0.6) is 5.75 Å². The number of benzene rings is 1. The number of carbonyl (C=O) groups is 3. The molecule has 0 saturated carbocycles. The molecule has 2 N–H and O–H groups in total. The molecular weight excluding hydrogens is 310 g/mol. The number of nitrogens with zero attached hydrogens (tertiary/aromatic N) is 1. The van der Waals surface area contributed by atoms with Gasteiger partial charge in [0.2, 0.25) is 5.91 Å². The lowest BCUT2D eigenvalue weighted by Crippen LogP contribution is -2.48. The molecule has 0 unspecified atom stereocenters. The van der Waals surface area contributed by atoms with Gasteiger partial charge in [-0.25, -0.2) is 4.79 Å². The van der Waals surface area contributed by atoms with Crippen molar-refractivity contribution in [3.63, 3.8) is 0 Å². The van der Waals surface area contributed by atoms with Crippen LogP contribution >= 0.6 is 0 Å². The maximum atomic E-state index is 13.0. The van der Waals surface area contributed by atoms with Gasteiger partial charge in [-0.05, 0) is 19.4 Å². The van der Waals surface area contributed by atoms with E-state index in [2.05, 4.69) is 10.6 Å². The molecule has 7 nitrogen and oxygen atoms in total. The first kappa shape index (κ1) is 16.3. The molecule has 0 aromatic heterocycles. The maximum absolute atomic E-state index is 13.0. The Hall–Kier alpha value is -2.57. The largest absolute Gasteiger partial charge is 0.493 e. The molecule has 2 aliphatic heterocycles. The third-order valence-corrected chi connectivity index (χ3v) is 4.58. The number of carbonyl (C=O) groups excluding carboxylic acids is 3. The summed E-state index contributed by atoms with van der Waals surface area (Å²) < 4.78 is 5.58. The van der Waals surface area contributed by atoms with Gasteiger partial charge in [-0.3, -0.25) is 14.5 Å². The molecule has 2 aliphatic rings. The first-order valence-corrected chi connectivity index (χ1v) is 8.13.